The van der Waals surface area contributed by atoms with Gasteiger partial charge in [-0.25, -0.2) is 0 Å². The van der Waals surface area contributed by atoms with Gasteiger partial charge in [0.15, 0.2) is 0 Å². The van der Waals surface area contributed by atoms with Gasteiger partial charge in [0.2, 0.25) is 0 Å². The predicted molar refractivity (Wildman–Crippen MR) is 40.8 cm³/mol. The fourth-order valence-electron chi connectivity index (χ4n) is 0.863. The van der Waals surface area contributed by atoms with E-state index >= 15 is 0 Å². The first-order valence-electron chi connectivity index (χ1n) is 3.40. The minimum Gasteiger partial charge on any atom is -0.481 e. The second-order valence-electron chi connectivity index (χ2n) is 2.92. The summed E-state index contributed by atoms with van der Waals surface area (Å²) in [7, 11) is 0. The maximum Gasteiger partial charge on any atom is 0.307 e. The number of hydrogen-bond donors (Lipinski definition) is 1. The molecular formula is C8H14O2. The lowest BCUT2D eigenvalue weighted by molar-refractivity contribution is -0.136. The molecule has 0 aromatic carbocycles. The maximum absolute atomic E-state index is 10.1. The van der Waals surface area contributed by atoms with Gasteiger partial charge in [0.05, 0.1) is 6.42 Å². The van der Waals surface area contributed by atoms with Gasteiger partial charge in [-0.3, -0.25) is 4.79 Å². The van der Waals surface area contributed by atoms with Crippen LogP contribution in [0.5, 0.6) is 0 Å². The van der Waals surface area contributed by atoms with Crippen LogP contribution < -0.4 is 0 Å². The van der Waals surface area contributed by atoms with Gasteiger partial charge < -0.3 is 5.11 Å². The molecule has 0 spiro atoms. The zero-order chi connectivity index (χ0) is 8.15. The van der Waals surface area contributed by atoms with E-state index in [0.717, 1.165) is 12.0 Å². The first-order valence-corrected chi connectivity index (χ1v) is 3.40. The van der Waals surface area contributed by atoms with E-state index in [1.54, 1.807) is 0 Å². The number of carbonyl (C=O) groups is 1. The van der Waals surface area contributed by atoms with Gasteiger partial charge in [-0.2, -0.15) is 0 Å². The van der Waals surface area contributed by atoms with Gasteiger partial charge in [0.1, 0.15) is 0 Å². The number of aliphatic carboxylic acids is 1. The highest BCUT2D eigenvalue weighted by Crippen LogP contribution is 2.11. The molecule has 0 aliphatic rings. The second kappa shape index (κ2) is 4.09. The first kappa shape index (κ1) is 9.21. The van der Waals surface area contributed by atoms with Gasteiger partial charge in [-0.05, 0) is 12.3 Å². The third-order valence-corrected chi connectivity index (χ3v) is 1.10. The molecule has 0 saturated carbocycles. The zero-order valence-electron chi connectivity index (χ0n) is 6.55. The lowest BCUT2D eigenvalue weighted by atomic mass is 10.0. The summed E-state index contributed by atoms with van der Waals surface area (Å²) in [5.74, 6) is -0.280. The van der Waals surface area contributed by atoms with E-state index in [-0.39, 0.29) is 6.42 Å². The molecule has 58 valence electrons. The molecule has 0 aromatic heterocycles. The standard InChI is InChI=1S/C8H14O2/c1-6(2)4-7(3)5-8(9)10/h6H,3-5H2,1-2H3,(H,9,10). The SMILES string of the molecule is C=C(CC(=O)O)CC(C)C. The van der Waals surface area contributed by atoms with Crippen molar-refractivity contribution in [3.8, 4) is 0 Å². The predicted octanol–water partition coefficient (Wildman–Crippen LogP) is 2.06. The number of rotatable bonds is 4. The van der Waals surface area contributed by atoms with Crippen LogP contribution in [0.1, 0.15) is 26.7 Å². The molecule has 0 fully saturated rings. The molecule has 0 unspecified atom stereocenters. The molecule has 0 aromatic rings. The molecular weight excluding hydrogens is 128 g/mol. The topological polar surface area (TPSA) is 37.3 Å². The minimum atomic E-state index is -0.786. The van der Waals surface area contributed by atoms with E-state index in [1.165, 1.54) is 0 Å². The summed E-state index contributed by atoms with van der Waals surface area (Å²) in [6.45, 7) is 7.75. The Morgan fingerprint density at radius 3 is 2.40 bits per heavy atom. The second-order valence-corrected chi connectivity index (χ2v) is 2.92. The molecule has 2 nitrogen and oxygen atoms in total. The Balaban J connectivity index is 3.54. The van der Waals surface area contributed by atoms with Crippen LogP contribution in [-0.4, -0.2) is 11.1 Å². The van der Waals surface area contributed by atoms with Crippen LogP contribution in [0.4, 0.5) is 0 Å². The molecule has 1 N–H and O–H groups in total. The van der Waals surface area contributed by atoms with Crippen molar-refractivity contribution in [1.82, 2.24) is 0 Å². The van der Waals surface area contributed by atoms with Crippen LogP contribution in [0.25, 0.3) is 0 Å². The third kappa shape index (κ3) is 5.35. The molecule has 0 aliphatic heterocycles. The fourth-order valence-corrected chi connectivity index (χ4v) is 0.863. The van der Waals surface area contributed by atoms with Crippen LogP contribution in [0.2, 0.25) is 0 Å². The Morgan fingerprint density at radius 1 is 1.60 bits per heavy atom. The summed E-state index contributed by atoms with van der Waals surface area (Å²) in [5, 5.41) is 8.34. The molecule has 0 aliphatic carbocycles. The van der Waals surface area contributed by atoms with E-state index < -0.39 is 5.97 Å². The van der Waals surface area contributed by atoms with Crippen molar-refractivity contribution in [2.45, 2.75) is 26.7 Å². The van der Waals surface area contributed by atoms with Gasteiger partial charge in [-0.15, -0.1) is 0 Å². The Labute approximate surface area is 61.6 Å². The van der Waals surface area contributed by atoms with Gasteiger partial charge in [0, 0.05) is 0 Å². The van der Waals surface area contributed by atoms with Gasteiger partial charge >= 0.3 is 5.97 Å². The lowest BCUT2D eigenvalue weighted by Gasteiger charge is -2.04. The summed E-state index contributed by atoms with van der Waals surface area (Å²) >= 11 is 0. The average molecular weight is 142 g/mol. The fraction of sp³-hybridized carbons (Fsp3) is 0.625. The van der Waals surface area contributed by atoms with Crippen molar-refractivity contribution in [3.63, 3.8) is 0 Å². The normalized spacial score (nSPS) is 9.90. The van der Waals surface area contributed by atoms with E-state index in [9.17, 15) is 4.79 Å². The molecule has 0 rings (SSSR count). The highest BCUT2D eigenvalue weighted by molar-refractivity contribution is 5.69. The lowest BCUT2D eigenvalue weighted by Crippen LogP contribution is -1.98. The van der Waals surface area contributed by atoms with E-state index in [4.69, 9.17) is 5.11 Å². The van der Waals surface area contributed by atoms with Crippen molar-refractivity contribution in [1.29, 1.82) is 0 Å². The maximum atomic E-state index is 10.1. The molecule has 0 atom stereocenters. The monoisotopic (exact) mass is 142 g/mol. The molecule has 2 heteroatoms. The van der Waals surface area contributed by atoms with Crippen molar-refractivity contribution in [2.24, 2.45) is 5.92 Å². The summed E-state index contributed by atoms with van der Waals surface area (Å²) in [6.07, 6.45) is 0.921. The highest BCUT2D eigenvalue weighted by atomic mass is 16.4. The third-order valence-electron chi connectivity index (χ3n) is 1.10. The van der Waals surface area contributed by atoms with Crippen LogP contribution in [0.15, 0.2) is 12.2 Å². The summed E-state index contributed by atoms with van der Waals surface area (Å²) in [4.78, 5) is 10.1. The minimum absolute atomic E-state index is 0.109. The highest BCUT2D eigenvalue weighted by Gasteiger charge is 2.02. The molecule has 0 saturated heterocycles. The van der Waals surface area contributed by atoms with Crippen molar-refractivity contribution >= 4 is 5.97 Å². The number of carboxylic acid groups (broad SMARTS) is 1. The Kier molecular flexibility index (Phi) is 3.77. The van der Waals surface area contributed by atoms with Crippen molar-refractivity contribution in [2.75, 3.05) is 0 Å². The Hall–Kier alpha value is -0.790. The summed E-state index contributed by atoms with van der Waals surface area (Å²) < 4.78 is 0. The summed E-state index contributed by atoms with van der Waals surface area (Å²) in [6, 6.07) is 0. The number of hydrogen-bond acceptors (Lipinski definition) is 1. The van der Waals surface area contributed by atoms with Crippen LogP contribution in [0, 0.1) is 5.92 Å². The smallest absolute Gasteiger partial charge is 0.307 e. The molecule has 10 heavy (non-hydrogen) atoms. The van der Waals surface area contributed by atoms with E-state index in [2.05, 4.69) is 6.58 Å². The zero-order valence-corrected chi connectivity index (χ0v) is 6.55. The van der Waals surface area contributed by atoms with E-state index in [0.29, 0.717) is 5.92 Å². The van der Waals surface area contributed by atoms with Gasteiger partial charge in [0.25, 0.3) is 0 Å². The Bertz CT molecular complexity index is 136. The summed E-state index contributed by atoms with van der Waals surface area (Å²) in [5.41, 5.74) is 0.808. The van der Waals surface area contributed by atoms with Crippen LogP contribution in [-0.2, 0) is 4.79 Å². The molecule has 0 radical (unpaired) electrons. The van der Waals surface area contributed by atoms with Crippen LogP contribution >= 0.6 is 0 Å². The largest absolute Gasteiger partial charge is 0.481 e. The van der Waals surface area contributed by atoms with Crippen molar-refractivity contribution < 1.29 is 9.90 Å². The van der Waals surface area contributed by atoms with Crippen LogP contribution in [0.3, 0.4) is 0 Å². The van der Waals surface area contributed by atoms with Gasteiger partial charge in [-0.1, -0.05) is 26.0 Å². The Morgan fingerprint density at radius 2 is 2.10 bits per heavy atom. The first-order chi connectivity index (χ1) is 4.52. The quantitative estimate of drug-likeness (QED) is 0.610. The van der Waals surface area contributed by atoms with E-state index in [1.807, 2.05) is 13.8 Å². The molecule has 0 bridgehead atoms. The average Bonchev–Trinajstić information content (AvgIpc) is 1.58. The molecule has 0 heterocycles. The molecule has 0 amide bonds. The number of carboxylic acids is 1. The van der Waals surface area contributed by atoms with Crippen molar-refractivity contribution in [3.05, 3.63) is 12.2 Å².